The lowest BCUT2D eigenvalue weighted by molar-refractivity contribution is -0.122. The topological polar surface area (TPSA) is 89.4 Å². The van der Waals surface area contributed by atoms with E-state index in [2.05, 4.69) is 28.5 Å². The molecule has 3 heterocycles. The third kappa shape index (κ3) is 5.82. The number of rotatable bonds is 5. The number of amides is 2. The number of carbonyl (C=O) groups is 2. The molecule has 2 amide bonds. The molecule has 220 valence electrons. The Labute approximate surface area is 252 Å². The Morgan fingerprint density at radius 2 is 1.88 bits per heavy atom. The fraction of sp³-hybridized carbons (Fsp3) is 0.455. The summed E-state index contributed by atoms with van der Waals surface area (Å²) in [4.78, 5) is 37.2. The van der Waals surface area contributed by atoms with E-state index in [0.29, 0.717) is 18.1 Å². The van der Waals surface area contributed by atoms with Crippen molar-refractivity contribution in [2.75, 3.05) is 13.1 Å². The molecule has 1 aliphatic heterocycles. The van der Waals surface area contributed by atoms with Gasteiger partial charge in [-0.25, -0.2) is 9.78 Å². The zero-order chi connectivity index (χ0) is 29.6. The molecule has 42 heavy (non-hydrogen) atoms. The maximum Gasteiger partial charge on any atom is 0.410 e. The van der Waals surface area contributed by atoms with E-state index >= 15 is 0 Å². The SMILES string of the molecule is Cn1cncc1C(NC(=O)C1CC1)C1=Cc2cccnc2C(C2CCN(C(=O)OC(C)(C)C)CC2)c2ccc(Cl)cc21. The van der Waals surface area contributed by atoms with Crippen molar-refractivity contribution in [3.05, 3.63) is 82.2 Å². The monoisotopic (exact) mass is 587 g/mol. The zero-order valence-corrected chi connectivity index (χ0v) is 25.4. The van der Waals surface area contributed by atoms with Crippen LogP contribution in [0.3, 0.4) is 0 Å². The van der Waals surface area contributed by atoms with Crippen LogP contribution in [0.25, 0.3) is 11.6 Å². The molecule has 0 spiro atoms. The molecule has 1 aromatic carbocycles. The lowest BCUT2D eigenvalue weighted by Crippen LogP contribution is -2.42. The maximum absolute atomic E-state index is 13.2. The third-order valence-corrected chi connectivity index (χ3v) is 8.73. The first kappa shape index (κ1) is 28.5. The number of carbonyl (C=O) groups excluding carboxylic acids is 2. The van der Waals surface area contributed by atoms with Gasteiger partial charge < -0.3 is 19.5 Å². The third-order valence-electron chi connectivity index (χ3n) is 8.50. The highest BCUT2D eigenvalue weighted by Gasteiger charge is 2.39. The molecule has 0 radical (unpaired) electrons. The van der Waals surface area contributed by atoms with Crippen LogP contribution in [0.1, 0.15) is 86.5 Å². The summed E-state index contributed by atoms with van der Waals surface area (Å²) >= 11 is 6.67. The number of nitrogens with zero attached hydrogens (tertiary/aromatic N) is 4. The minimum absolute atomic E-state index is 0.00526. The van der Waals surface area contributed by atoms with Gasteiger partial charge in [0.2, 0.25) is 5.91 Å². The number of piperidine rings is 1. The average molecular weight is 588 g/mol. The van der Waals surface area contributed by atoms with Gasteiger partial charge in [-0.3, -0.25) is 9.78 Å². The molecule has 2 atom stereocenters. The highest BCUT2D eigenvalue weighted by Crippen LogP contribution is 2.47. The Kier molecular flexibility index (Phi) is 7.60. The minimum atomic E-state index is -0.530. The molecule has 3 aromatic rings. The second kappa shape index (κ2) is 11.2. The van der Waals surface area contributed by atoms with Gasteiger partial charge in [-0.05, 0) is 98.9 Å². The molecular weight excluding hydrogens is 550 g/mol. The van der Waals surface area contributed by atoms with E-state index in [1.807, 2.05) is 67.9 Å². The van der Waals surface area contributed by atoms with Crippen molar-refractivity contribution >= 4 is 35.3 Å². The molecule has 8 nitrogen and oxygen atoms in total. The number of imidazole rings is 1. The number of benzene rings is 1. The highest BCUT2D eigenvalue weighted by molar-refractivity contribution is 6.30. The first-order chi connectivity index (χ1) is 20.1. The molecule has 1 saturated heterocycles. The summed E-state index contributed by atoms with van der Waals surface area (Å²) in [6, 6.07) is 9.72. The van der Waals surface area contributed by atoms with E-state index in [1.54, 1.807) is 6.33 Å². The predicted molar refractivity (Wildman–Crippen MR) is 163 cm³/mol. The largest absolute Gasteiger partial charge is 0.444 e. The Balaban J connectivity index is 1.41. The van der Waals surface area contributed by atoms with Crippen LogP contribution in [0.2, 0.25) is 5.02 Å². The van der Waals surface area contributed by atoms with Crippen molar-refractivity contribution < 1.29 is 14.3 Å². The van der Waals surface area contributed by atoms with E-state index in [4.69, 9.17) is 21.3 Å². The highest BCUT2D eigenvalue weighted by atomic mass is 35.5. The Bertz CT molecular complexity index is 1530. The molecule has 2 aromatic heterocycles. The van der Waals surface area contributed by atoms with Crippen LogP contribution in [0, 0.1) is 11.8 Å². The number of hydrogen-bond acceptors (Lipinski definition) is 5. The van der Waals surface area contributed by atoms with E-state index < -0.39 is 11.6 Å². The first-order valence-corrected chi connectivity index (χ1v) is 15.2. The van der Waals surface area contributed by atoms with Gasteiger partial charge in [-0.15, -0.1) is 0 Å². The van der Waals surface area contributed by atoms with Crippen LogP contribution in [0.5, 0.6) is 0 Å². The van der Waals surface area contributed by atoms with Gasteiger partial charge in [0.05, 0.1) is 30.0 Å². The average Bonchev–Trinajstić information content (AvgIpc) is 3.74. The van der Waals surface area contributed by atoms with E-state index in [0.717, 1.165) is 59.3 Å². The molecule has 6 rings (SSSR count). The number of aromatic nitrogens is 3. The Hall–Kier alpha value is -3.65. The number of hydrogen-bond donors (Lipinski definition) is 1. The predicted octanol–water partition coefficient (Wildman–Crippen LogP) is 6.37. The molecule has 1 saturated carbocycles. The van der Waals surface area contributed by atoms with E-state index in [9.17, 15) is 9.59 Å². The van der Waals surface area contributed by atoms with Gasteiger partial charge in [0.1, 0.15) is 5.60 Å². The summed E-state index contributed by atoms with van der Waals surface area (Å²) in [5, 5.41) is 3.99. The summed E-state index contributed by atoms with van der Waals surface area (Å²) in [5.41, 5.74) is 5.49. The summed E-state index contributed by atoms with van der Waals surface area (Å²) in [6.07, 6.45) is 10.8. The Morgan fingerprint density at radius 1 is 1.12 bits per heavy atom. The standard InChI is InChI=1S/C33H38ClN5O3/c1-33(2,3)42-32(41)39-14-11-20(12-15-39)28-24-10-9-23(34)17-25(24)26(16-22-6-5-13-36-29(22)28)30(27-18-35-19-38(27)4)37-31(40)21-7-8-21/h5-6,9-10,13,16-21,28,30H,7-8,11-12,14-15H2,1-4H3,(H,37,40). The van der Waals surface area contributed by atoms with Crippen molar-refractivity contribution in [1.29, 1.82) is 0 Å². The summed E-state index contributed by atoms with van der Waals surface area (Å²) in [7, 11) is 1.95. The van der Waals surface area contributed by atoms with E-state index in [-0.39, 0.29) is 29.8 Å². The molecular formula is C33H38ClN5O3. The lowest BCUT2D eigenvalue weighted by atomic mass is 9.75. The van der Waals surface area contributed by atoms with Gasteiger partial charge in [-0.1, -0.05) is 23.7 Å². The number of ether oxygens (including phenoxy) is 1. The molecule has 1 N–H and O–H groups in total. The second-order valence-electron chi connectivity index (χ2n) is 12.7. The van der Waals surface area contributed by atoms with Crippen LogP contribution in [-0.4, -0.2) is 50.1 Å². The fourth-order valence-electron chi connectivity index (χ4n) is 6.27. The summed E-state index contributed by atoms with van der Waals surface area (Å²) in [6.45, 7) is 6.92. The van der Waals surface area contributed by atoms with Gasteiger partial charge in [0.25, 0.3) is 0 Å². The first-order valence-electron chi connectivity index (χ1n) is 14.8. The van der Waals surface area contributed by atoms with Gasteiger partial charge in [-0.2, -0.15) is 0 Å². The smallest absolute Gasteiger partial charge is 0.410 e. The maximum atomic E-state index is 13.2. The molecule has 0 bridgehead atoms. The lowest BCUT2D eigenvalue weighted by Gasteiger charge is -2.37. The number of aryl methyl sites for hydroxylation is 1. The van der Waals surface area contributed by atoms with Crippen LogP contribution in [0.4, 0.5) is 4.79 Å². The van der Waals surface area contributed by atoms with Crippen molar-refractivity contribution in [2.45, 2.75) is 64.0 Å². The fourth-order valence-corrected chi connectivity index (χ4v) is 6.45. The van der Waals surface area contributed by atoms with Crippen molar-refractivity contribution in [3.8, 4) is 0 Å². The summed E-state index contributed by atoms with van der Waals surface area (Å²) < 4.78 is 7.61. The van der Waals surface area contributed by atoms with Crippen LogP contribution < -0.4 is 5.32 Å². The van der Waals surface area contributed by atoms with Crippen LogP contribution in [-0.2, 0) is 16.6 Å². The number of nitrogens with one attached hydrogen (secondary N) is 1. The van der Waals surface area contributed by atoms with Gasteiger partial charge >= 0.3 is 6.09 Å². The van der Waals surface area contributed by atoms with Gasteiger partial charge in [0.15, 0.2) is 0 Å². The molecule has 2 aliphatic carbocycles. The molecule has 2 fully saturated rings. The quantitative estimate of drug-likeness (QED) is 0.375. The number of fused-ring (bicyclic) bond motifs is 2. The summed E-state index contributed by atoms with van der Waals surface area (Å²) in [5.74, 6) is 0.366. The normalized spacial score (nSPS) is 19.7. The van der Waals surface area contributed by atoms with Crippen molar-refractivity contribution in [1.82, 2.24) is 24.8 Å². The van der Waals surface area contributed by atoms with Crippen LogP contribution >= 0.6 is 11.6 Å². The number of pyridine rings is 1. The molecule has 3 aliphatic rings. The van der Waals surface area contributed by atoms with E-state index in [1.165, 1.54) is 0 Å². The molecule has 2 unspecified atom stereocenters. The zero-order valence-electron chi connectivity index (χ0n) is 24.6. The number of halogens is 1. The minimum Gasteiger partial charge on any atom is -0.444 e. The van der Waals surface area contributed by atoms with Crippen LogP contribution in [0.15, 0.2) is 49.1 Å². The Morgan fingerprint density at radius 3 is 2.55 bits per heavy atom. The molecule has 9 heteroatoms. The second-order valence-corrected chi connectivity index (χ2v) is 13.2. The number of likely N-dealkylation sites (tertiary alicyclic amines) is 1. The van der Waals surface area contributed by atoms with Crippen molar-refractivity contribution in [3.63, 3.8) is 0 Å². The van der Waals surface area contributed by atoms with Gasteiger partial charge in [0, 0.05) is 43.2 Å². The van der Waals surface area contributed by atoms with Crippen molar-refractivity contribution in [2.24, 2.45) is 18.9 Å².